The predicted octanol–water partition coefficient (Wildman–Crippen LogP) is -0.670. The maximum atomic E-state index is 13.3. The van der Waals surface area contributed by atoms with Crippen LogP contribution in [0, 0.1) is 0 Å². The SMILES string of the molecule is CCCCC(C(=O)ON1C(=O)CCC1=O)(N1C(=O)C=CC1=O)N1C(=O)C=CC1=O. The summed E-state index contributed by atoms with van der Waals surface area (Å²) in [7, 11) is 0. The smallest absolute Gasteiger partial charge is 0.325 e. The van der Waals surface area contributed by atoms with E-state index < -0.39 is 47.1 Å². The molecule has 3 aliphatic heterocycles. The van der Waals surface area contributed by atoms with E-state index in [1.807, 2.05) is 0 Å². The van der Waals surface area contributed by atoms with Crippen molar-refractivity contribution in [2.24, 2.45) is 0 Å². The number of nitrogens with zero attached hydrogens (tertiary/aromatic N) is 3. The lowest BCUT2D eigenvalue weighted by atomic mass is 9.97. The van der Waals surface area contributed by atoms with Crippen molar-refractivity contribution in [1.82, 2.24) is 14.9 Å². The van der Waals surface area contributed by atoms with Gasteiger partial charge in [-0.05, 0) is 6.42 Å². The van der Waals surface area contributed by atoms with Gasteiger partial charge in [0.25, 0.3) is 35.4 Å². The third kappa shape index (κ3) is 3.13. The summed E-state index contributed by atoms with van der Waals surface area (Å²) < 4.78 is 0. The number of carbonyl (C=O) groups excluding carboxylic acids is 7. The minimum Gasteiger partial charge on any atom is -0.325 e. The molecule has 11 heteroatoms. The molecule has 0 saturated carbocycles. The van der Waals surface area contributed by atoms with E-state index in [0.717, 1.165) is 24.3 Å². The molecule has 0 atom stereocenters. The highest BCUT2D eigenvalue weighted by atomic mass is 16.7. The molecule has 0 bridgehead atoms. The average Bonchev–Trinajstić information content (AvgIpc) is 3.30. The molecular formula is C18H17N3O8. The van der Waals surface area contributed by atoms with E-state index in [4.69, 9.17) is 4.84 Å². The molecule has 152 valence electrons. The summed E-state index contributed by atoms with van der Waals surface area (Å²) in [5.74, 6) is -6.75. The Morgan fingerprint density at radius 1 is 0.862 bits per heavy atom. The van der Waals surface area contributed by atoms with Crippen molar-refractivity contribution in [1.29, 1.82) is 0 Å². The standard InChI is InChI=1S/C18H17N3O8/c1-2-3-10-18(19-11(22)4-5-12(19)23,20-13(24)6-7-14(20)25)17(28)29-21-15(26)8-9-16(21)27/h4-7H,2-3,8-10H2,1H3. The summed E-state index contributed by atoms with van der Waals surface area (Å²) in [6, 6.07) is 0. The van der Waals surface area contributed by atoms with E-state index in [0.29, 0.717) is 16.2 Å². The second-order valence-corrected chi connectivity index (χ2v) is 6.57. The van der Waals surface area contributed by atoms with Crippen LogP contribution in [0.2, 0.25) is 0 Å². The number of unbranched alkanes of at least 4 members (excludes halogenated alkanes) is 1. The normalized spacial score (nSPS) is 19.4. The van der Waals surface area contributed by atoms with Gasteiger partial charge in [-0.1, -0.05) is 13.3 Å². The van der Waals surface area contributed by atoms with E-state index in [1.54, 1.807) is 6.92 Å². The van der Waals surface area contributed by atoms with E-state index in [-0.39, 0.29) is 30.7 Å². The molecular weight excluding hydrogens is 386 g/mol. The molecule has 0 radical (unpaired) electrons. The Kier molecular flexibility index (Phi) is 5.14. The van der Waals surface area contributed by atoms with Crippen molar-refractivity contribution in [2.75, 3.05) is 0 Å². The van der Waals surface area contributed by atoms with Gasteiger partial charge < -0.3 is 4.84 Å². The first-order chi connectivity index (χ1) is 13.7. The number of hydrogen-bond donors (Lipinski definition) is 0. The first-order valence-corrected chi connectivity index (χ1v) is 8.94. The first kappa shape index (κ1) is 20.1. The fourth-order valence-electron chi connectivity index (χ4n) is 3.38. The molecule has 0 unspecified atom stereocenters. The van der Waals surface area contributed by atoms with Gasteiger partial charge >= 0.3 is 5.97 Å². The Hall–Kier alpha value is -3.63. The van der Waals surface area contributed by atoms with Gasteiger partial charge in [-0.15, -0.1) is 5.06 Å². The van der Waals surface area contributed by atoms with E-state index in [1.165, 1.54) is 0 Å². The molecule has 1 saturated heterocycles. The molecule has 0 aliphatic carbocycles. The summed E-state index contributed by atoms with van der Waals surface area (Å²) in [4.78, 5) is 92.6. The highest BCUT2D eigenvalue weighted by Gasteiger charge is 2.60. The molecule has 0 aromatic heterocycles. The third-order valence-corrected chi connectivity index (χ3v) is 4.74. The summed E-state index contributed by atoms with van der Waals surface area (Å²) in [6.07, 6.45) is 3.57. The van der Waals surface area contributed by atoms with Gasteiger partial charge in [0.05, 0.1) is 0 Å². The summed E-state index contributed by atoms with van der Waals surface area (Å²) >= 11 is 0. The fourth-order valence-corrected chi connectivity index (χ4v) is 3.38. The summed E-state index contributed by atoms with van der Waals surface area (Å²) in [6.45, 7) is 1.75. The maximum absolute atomic E-state index is 13.3. The number of hydrogen-bond acceptors (Lipinski definition) is 8. The average molecular weight is 403 g/mol. The van der Waals surface area contributed by atoms with Crippen LogP contribution >= 0.6 is 0 Å². The molecule has 0 spiro atoms. The van der Waals surface area contributed by atoms with Gasteiger partial charge in [0, 0.05) is 43.6 Å². The molecule has 0 aromatic carbocycles. The number of carbonyl (C=O) groups is 7. The molecule has 29 heavy (non-hydrogen) atoms. The van der Waals surface area contributed by atoms with Crippen LogP contribution in [0.3, 0.4) is 0 Å². The highest BCUT2D eigenvalue weighted by molar-refractivity contribution is 6.20. The van der Waals surface area contributed by atoms with Crippen LogP contribution < -0.4 is 0 Å². The zero-order valence-corrected chi connectivity index (χ0v) is 15.5. The van der Waals surface area contributed by atoms with Crippen molar-refractivity contribution in [3.8, 4) is 0 Å². The highest BCUT2D eigenvalue weighted by Crippen LogP contribution is 2.35. The van der Waals surface area contributed by atoms with Gasteiger partial charge in [0.15, 0.2) is 0 Å². The van der Waals surface area contributed by atoms with Crippen LogP contribution in [0.1, 0.15) is 39.0 Å². The first-order valence-electron chi connectivity index (χ1n) is 8.94. The topological polar surface area (TPSA) is 138 Å². The van der Waals surface area contributed by atoms with Crippen LogP contribution in [-0.2, 0) is 38.4 Å². The molecule has 11 nitrogen and oxygen atoms in total. The Bertz CT molecular complexity index is 809. The van der Waals surface area contributed by atoms with E-state index in [2.05, 4.69) is 0 Å². The Balaban J connectivity index is 2.11. The van der Waals surface area contributed by atoms with Gasteiger partial charge in [0.1, 0.15) is 0 Å². The fraction of sp³-hybridized carbons (Fsp3) is 0.389. The Morgan fingerprint density at radius 2 is 1.28 bits per heavy atom. The number of hydroxylamine groups is 2. The van der Waals surface area contributed by atoms with Crippen molar-refractivity contribution in [3.05, 3.63) is 24.3 Å². The molecule has 3 heterocycles. The molecule has 1 fully saturated rings. The Labute approximate surface area is 164 Å². The van der Waals surface area contributed by atoms with Gasteiger partial charge in [0.2, 0.25) is 5.66 Å². The third-order valence-electron chi connectivity index (χ3n) is 4.74. The quantitative estimate of drug-likeness (QED) is 0.510. The van der Waals surface area contributed by atoms with Crippen molar-refractivity contribution < 1.29 is 38.4 Å². The van der Waals surface area contributed by atoms with Crippen molar-refractivity contribution in [3.63, 3.8) is 0 Å². The van der Waals surface area contributed by atoms with Crippen molar-refractivity contribution in [2.45, 2.75) is 44.7 Å². The molecule has 0 N–H and O–H groups in total. The second kappa shape index (κ2) is 7.41. The van der Waals surface area contributed by atoms with E-state index in [9.17, 15) is 33.6 Å². The van der Waals surface area contributed by atoms with Gasteiger partial charge in [-0.3, -0.25) is 28.8 Å². The minimum atomic E-state index is -2.48. The molecule has 3 rings (SSSR count). The van der Waals surface area contributed by atoms with Crippen LogP contribution in [0.25, 0.3) is 0 Å². The minimum absolute atomic E-state index is 0.180. The largest absolute Gasteiger partial charge is 0.380 e. The van der Waals surface area contributed by atoms with Crippen LogP contribution in [0.15, 0.2) is 24.3 Å². The molecule has 0 aromatic rings. The lowest BCUT2D eigenvalue weighted by Crippen LogP contribution is -2.69. The number of rotatable bonds is 7. The summed E-state index contributed by atoms with van der Waals surface area (Å²) in [5, 5.41) is 0.236. The van der Waals surface area contributed by atoms with Crippen LogP contribution in [0.4, 0.5) is 0 Å². The lowest BCUT2D eigenvalue weighted by Gasteiger charge is -2.43. The maximum Gasteiger partial charge on any atom is 0.380 e. The zero-order chi connectivity index (χ0) is 21.3. The van der Waals surface area contributed by atoms with Gasteiger partial charge in [-0.25, -0.2) is 14.6 Å². The summed E-state index contributed by atoms with van der Waals surface area (Å²) in [5.41, 5.74) is -2.48. The van der Waals surface area contributed by atoms with Crippen LogP contribution in [0.5, 0.6) is 0 Å². The van der Waals surface area contributed by atoms with Crippen LogP contribution in [-0.4, -0.2) is 61.9 Å². The van der Waals surface area contributed by atoms with Crippen molar-refractivity contribution >= 4 is 41.4 Å². The lowest BCUT2D eigenvalue weighted by molar-refractivity contribution is -0.215. The zero-order valence-electron chi connectivity index (χ0n) is 15.5. The molecule has 6 amide bonds. The number of imide groups is 3. The second-order valence-electron chi connectivity index (χ2n) is 6.57. The monoisotopic (exact) mass is 403 g/mol. The predicted molar refractivity (Wildman–Crippen MR) is 91.4 cm³/mol. The van der Waals surface area contributed by atoms with E-state index >= 15 is 0 Å². The Morgan fingerprint density at radius 3 is 1.66 bits per heavy atom. The van der Waals surface area contributed by atoms with Gasteiger partial charge in [-0.2, -0.15) is 0 Å². The molecule has 3 aliphatic rings. The number of amides is 6.